The van der Waals surface area contributed by atoms with Gasteiger partial charge in [0, 0.05) is 30.2 Å². The van der Waals surface area contributed by atoms with Gasteiger partial charge >= 0.3 is 0 Å². The molecule has 1 aromatic heterocycles. The second-order valence-electron chi connectivity index (χ2n) is 7.87. The average molecular weight is 398 g/mol. The van der Waals surface area contributed by atoms with Crippen molar-refractivity contribution in [3.05, 3.63) is 47.0 Å². The molecule has 1 N–H and O–H groups in total. The minimum atomic E-state index is -0.178. The number of likely N-dealkylation sites (tertiary alicyclic amines) is 1. The Morgan fingerprint density at radius 2 is 1.82 bits per heavy atom. The number of nitrogens with zero attached hydrogens (tertiary/aromatic N) is 2. The van der Waals surface area contributed by atoms with E-state index in [0.717, 1.165) is 18.4 Å². The number of carbonyl (C=O) groups excluding carboxylic acids is 2. The molecular formula is C22H27N3O2S. The number of hydrogen-bond donors (Lipinski definition) is 1. The van der Waals surface area contributed by atoms with Crippen LogP contribution in [-0.4, -0.2) is 34.8 Å². The van der Waals surface area contributed by atoms with Gasteiger partial charge in [-0.2, -0.15) is 0 Å². The lowest BCUT2D eigenvalue weighted by molar-refractivity contribution is -0.121. The van der Waals surface area contributed by atoms with Crippen molar-refractivity contribution in [1.82, 2.24) is 9.88 Å². The number of amides is 2. The summed E-state index contributed by atoms with van der Waals surface area (Å²) in [7, 11) is 0. The first-order valence-electron chi connectivity index (χ1n) is 10.3. The second-order valence-corrected chi connectivity index (χ2v) is 8.77. The second kappa shape index (κ2) is 8.86. The van der Waals surface area contributed by atoms with Crippen molar-refractivity contribution in [2.75, 3.05) is 18.4 Å². The lowest BCUT2D eigenvalue weighted by atomic mass is 9.84. The summed E-state index contributed by atoms with van der Waals surface area (Å²) in [5.74, 6) is 0.456. The van der Waals surface area contributed by atoms with E-state index in [4.69, 9.17) is 0 Å². The van der Waals surface area contributed by atoms with E-state index in [1.54, 1.807) is 6.20 Å². The zero-order valence-corrected chi connectivity index (χ0v) is 16.9. The fourth-order valence-corrected chi connectivity index (χ4v) is 4.92. The monoisotopic (exact) mass is 397 g/mol. The van der Waals surface area contributed by atoms with E-state index < -0.39 is 0 Å². The van der Waals surface area contributed by atoms with E-state index in [-0.39, 0.29) is 17.7 Å². The van der Waals surface area contributed by atoms with Crippen molar-refractivity contribution in [1.29, 1.82) is 0 Å². The molecule has 4 rings (SSSR count). The van der Waals surface area contributed by atoms with E-state index in [9.17, 15) is 9.59 Å². The van der Waals surface area contributed by atoms with Gasteiger partial charge in [-0.25, -0.2) is 4.98 Å². The van der Waals surface area contributed by atoms with Gasteiger partial charge in [0.1, 0.15) is 0 Å². The lowest BCUT2D eigenvalue weighted by Gasteiger charge is -2.32. The molecule has 2 fully saturated rings. The molecular weight excluding hydrogens is 370 g/mol. The molecule has 2 aliphatic rings. The third-order valence-electron chi connectivity index (χ3n) is 5.98. The van der Waals surface area contributed by atoms with E-state index >= 15 is 0 Å². The van der Waals surface area contributed by atoms with Gasteiger partial charge in [-0.05, 0) is 49.3 Å². The van der Waals surface area contributed by atoms with E-state index in [2.05, 4.69) is 22.4 Å². The van der Waals surface area contributed by atoms with E-state index in [1.165, 1.54) is 49.0 Å². The zero-order chi connectivity index (χ0) is 19.3. The Morgan fingerprint density at radius 3 is 2.54 bits per heavy atom. The molecule has 0 bridgehead atoms. The quantitative estimate of drug-likeness (QED) is 0.815. The fourth-order valence-electron chi connectivity index (χ4n) is 4.38. The molecule has 1 atom stereocenters. The molecule has 1 aliphatic carbocycles. The third kappa shape index (κ3) is 4.43. The Balaban J connectivity index is 1.37. The predicted molar refractivity (Wildman–Crippen MR) is 112 cm³/mol. The highest BCUT2D eigenvalue weighted by molar-refractivity contribution is 7.13. The molecule has 28 heavy (non-hydrogen) atoms. The minimum Gasteiger partial charge on any atom is -0.338 e. The summed E-state index contributed by atoms with van der Waals surface area (Å²) in [4.78, 5) is 31.4. The lowest BCUT2D eigenvalue weighted by Crippen LogP contribution is -2.43. The first-order valence-corrected chi connectivity index (χ1v) is 11.2. The van der Waals surface area contributed by atoms with Gasteiger partial charge in [-0.1, -0.05) is 31.4 Å². The maximum atomic E-state index is 13.0. The van der Waals surface area contributed by atoms with Gasteiger partial charge < -0.3 is 10.2 Å². The van der Waals surface area contributed by atoms with Gasteiger partial charge in [-0.15, -0.1) is 11.3 Å². The third-order valence-corrected chi connectivity index (χ3v) is 6.66. The highest BCUT2D eigenvalue weighted by Gasteiger charge is 2.29. The van der Waals surface area contributed by atoms with Crippen molar-refractivity contribution in [3.8, 4) is 0 Å². The summed E-state index contributed by atoms with van der Waals surface area (Å²) in [6.07, 6.45) is 9.81. The predicted octanol–water partition coefficient (Wildman–Crippen LogP) is 4.68. The van der Waals surface area contributed by atoms with Crippen LogP contribution in [0.4, 0.5) is 5.13 Å². The van der Waals surface area contributed by atoms with Gasteiger partial charge in [0.2, 0.25) is 5.91 Å². The Kier molecular flexibility index (Phi) is 6.05. The molecule has 1 saturated carbocycles. The van der Waals surface area contributed by atoms with Gasteiger partial charge in [-0.3, -0.25) is 9.59 Å². The molecule has 6 heteroatoms. The average Bonchev–Trinajstić information content (AvgIpc) is 3.27. The zero-order valence-electron chi connectivity index (χ0n) is 16.1. The van der Waals surface area contributed by atoms with Crippen molar-refractivity contribution in [2.24, 2.45) is 5.92 Å². The van der Waals surface area contributed by atoms with E-state index in [1.807, 2.05) is 22.4 Å². The van der Waals surface area contributed by atoms with Crippen LogP contribution in [0.15, 0.2) is 35.8 Å². The molecule has 1 aromatic carbocycles. The Morgan fingerprint density at radius 1 is 1.04 bits per heavy atom. The fraction of sp³-hybridized carbons (Fsp3) is 0.500. The van der Waals surface area contributed by atoms with Crippen molar-refractivity contribution in [2.45, 2.75) is 50.9 Å². The number of thiazole rings is 1. The molecule has 0 radical (unpaired) electrons. The summed E-state index contributed by atoms with van der Waals surface area (Å²) in [6, 6.07) is 8.18. The highest BCUT2D eigenvalue weighted by Crippen LogP contribution is 2.32. The van der Waals surface area contributed by atoms with Crippen molar-refractivity contribution in [3.63, 3.8) is 0 Å². The van der Waals surface area contributed by atoms with E-state index in [0.29, 0.717) is 24.1 Å². The maximum Gasteiger partial charge on any atom is 0.253 e. The van der Waals surface area contributed by atoms with Gasteiger partial charge in [0.15, 0.2) is 5.13 Å². The Hall–Kier alpha value is -2.21. The largest absolute Gasteiger partial charge is 0.338 e. The Labute approximate surface area is 170 Å². The molecule has 1 saturated heterocycles. The molecule has 2 aromatic rings. The summed E-state index contributed by atoms with van der Waals surface area (Å²) >= 11 is 1.41. The summed E-state index contributed by atoms with van der Waals surface area (Å²) in [6.45, 7) is 1.19. The summed E-state index contributed by atoms with van der Waals surface area (Å²) < 4.78 is 0. The highest BCUT2D eigenvalue weighted by atomic mass is 32.1. The van der Waals surface area contributed by atoms with Gasteiger partial charge in [0.25, 0.3) is 5.91 Å². The first kappa shape index (κ1) is 19.1. The van der Waals surface area contributed by atoms with Crippen molar-refractivity contribution < 1.29 is 9.59 Å². The number of benzene rings is 1. The summed E-state index contributed by atoms with van der Waals surface area (Å²) in [5.41, 5.74) is 2.08. The number of rotatable bonds is 4. The molecule has 2 amide bonds. The minimum absolute atomic E-state index is 0.0296. The van der Waals surface area contributed by atoms with Crippen LogP contribution >= 0.6 is 11.3 Å². The summed E-state index contributed by atoms with van der Waals surface area (Å²) in [5, 5.41) is 5.32. The van der Waals surface area contributed by atoms with Crippen LogP contribution in [0.25, 0.3) is 0 Å². The smallest absolute Gasteiger partial charge is 0.253 e. The molecule has 0 spiro atoms. The normalized spacial score (nSPS) is 20.7. The molecule has 148 valence electrons. The molecule has 1 unspecified atom stereocenters. The SMILES string of the molecule is O=C(Nc1nccs1)C1CCCN(C(=O)c2ccc(C3CCCCC3)cc2)C1. The van der Waals surface area contributed by atoms with Crippen LogP contribution in [0.2, 0.25) is 0 Å². The number of nitrogens with one attached hydrogen (secondary N) is 1. The number of carbonyl (C=O) groups is 2. The van der Waals surface area contributed by atoms with Crippen LogP contribution in [0.3, 0.4) is 0 Å². The van der Waals surface area contributed by atoms with Crippen LogP contribution in [0.5, 0.6) is 0 Å². The number of anilines is 1. The maximum absolute atomic E-state index is 13.0. The standard InChI is InChI=1S/C22H27N3O2S/c26-20(24-22-23-12-14-28-22)19-7-4-13-25(15-19)21(27)18-10-8-17(9-11-18)16-5-2-1-3-6-16/h8-12,14,16,19H,1-7,13,15H2,(H,23,24,26). The molecule has 1 aliphatic heterocycles. The van der Waals surface area contributed by atoms with Crippen molar-refractivity contribution >= 4 is 28.3 Å². The number of piperidine rings is 1. The number of aromatic nitrogens is 1. The van der Waals surface area contributed by atoms with Crippen LogP contribution in [0, 0.1) is 5.92 Å². The molecule has 2 heterocycles. The van der Waals surface area contributed by atoms with Gasteiger partial charge in [0.05, 0.1) is 5.92 Å². The van der Waals surface area contributed by atoms with Crippen LogP contribution in [0.1, 0.15) is 66.8 Å². The Bertz CT molecular complexity index is 798. The topological polar surface area (TPSA) is 62.3 Å². The van der Waals surface area contributed by atoms with Crippen LogP contribution in [-0.2, 0) is 4.79 Å². The molecule has 5 nitrogen and oxygen atoms in total. The first-order chi connectivity index (χ1) is 13.7. The van der Waals surface area contributed by atoms with Crippen LogP contribution < -0.4 is 5.32 Å². The number of hydrogen-bond acceptors (Lipinski definition) is 4.